The van der Waals surface area contributed by atoms with Crippen LogP contribution in [0.4, 0.5) is 0 Å². The maximum Gasteiger partial charge on any atom is 0.339 e. The average Bonchev–Trinajstić information content (AvgIpc) is 2.39. The number of esters is 1. The number of pyridine rings is 1. The van der Waals surface area contributed by atoms with E-state index in [9.17, 15) is 4.79 Å². The van der Waals surface area contributed by atoms with Gasteiger partial charge in [0.2, 0.25) is 0 Å². The number of hydrogen-bond donors (Lipinski definition) is 0. The van der Waals surface area contributed by atoms with Crippen LogP contribution >= 0.6 is 11.9 Å². The van der Waals surface area contributed by atoms with Gasteiger partial charge < -0.3 is 9.47 Å². The number of nitrogens with zero attached hydrogens (tertiary/aromatic N) is 2. The summed E-state index contributed by atoms with van der Waals surface area (Å²) in [5.41, 5.74) is 0.478. The third-order valence-corrected chi connectivity index (χ3v) is 3.40. The summed E-state index contributed by atoms with van der Waals surface area (Å²) >= 11 is 1.59. The highest BCUT2D eigenvalue weighted by atomic mass is 32.2. The van der Waals surface area contributed by atoms with Gasteiger partial charge in [-0.05, 0) is 18.0 Å². The summed E-state index contributed by atoms with van der Waals surface area (Å²) in [5.74, 6) is -0.359. The number of aromatic nitrogens is 1. The van der Waals surface area contributed by atoms with E-state index in [-0.39, 0.29) is 5.97 Å². The van der Waals surface area contributed by atoms with Gasteiger partial charge >= 0.3 is 5.97 Å². The molecular formula is C11H14N2O3S. The molecule has 92 valence electrons. The molecule has 1 aliphatic heterocycles. The van der Waals surface area contributed by atoms with Gasteiger partial charge in [-0.2, -0.15) is 0 Å². The van der Waals surface area contributed by atoms with Crippen molar-refractivity contribution in [1.29, 1.82) is 0 Å². The predicted molar refractivity (Wildman–Crippen MR) is 63.8 cm³/mol. The Hall–Kier alpha value is -1.11. The van der Waals surface area contributed by atoms with Gasteiger partial charge in [-0.15, -0.1) is 0 Å². The van der Waals surface area contributed by atoms with Crippen LogP contribution in [-0.2, 0) is 9.47 Å². The lowest BCUT2D eigenvalue weighted by molar-refractivity contribution is 0.0600. The van der Waals surface area contributed by atoms with E-state index in [1.165, 1.54) is 13.3 Å². The number of hydrogen-bond acceptors (Lipinski definition) is 6. The highest BCUT2D eigenvalue weighted by molar-refractivity contribution is 7.97. The van der Waals surface area contributed by atoms with Crippen LogP contribution in [-0.4, -0.2) is 48.7 Å². The Kier molecular flexibility index (Phi) is 4.36. The molecule has 1 fully saturated rings. The molecule has 1 saturated heterocycles. The maximum atomic E-state index is 11.4. The fourth-order valence-electron chi connectivity index (χ4n) is 1.49. The molecule has 5 nitrogen and oxygen atoms in total. The largest absolute Gasteiger partial charge is 0.465 e. The van der Waals surface area contributed by atoms with Gasteiger partial charge in [-0.3, -0.25) is 4.98 Å². The molecule has 0 spiro atoms. The lowest BCUT2D eigenvalue weighted by atomic mass is 10.3. The summed E-state index contributed by atoms with van der Waals surface area (Å²) < 4.78 is 12.1. The van der Waals surface area contributed by atoms with Gasteiger partial charge in [0.05, 0.1) is 25.9 Å². The van der Waals surface area contributed by atoms with Crippen molar-refractivity contribution in [2.75, 3.05) is 33.4 Å². The SMILES string of the molecule is COC(=O)c1cncc(SN2CCOCC2)c1. The number of ether oxygens (including phenoxy) is 2. The van der Waals surface area contributed by atoms with Crippen molar-refractivity contribution in [3.8, 4) is 0 Å². The van der Waals surface area contributed by atoms with E-state index in [1.54, 1.807) is 24.2 Å². The highest BCUT2D eigenvalue weighted by Crippen LogP contribution is 2.23. The van der Waals surface area contributed by atoms with Gasteiger partial charge in [0.15, 0.2) is 0 Å². The van der Waals surface area contributed by atoms with Crippen molar-refractivity contribution in [2.24, 2.45) is 0 Å². The molecule has 0 unspecified atom stereocenters. The first-order valence-corrected chi connectivity index (χ1v) is 6.11. The molecule has 0 bridgehead atoms. The van der Waals surface area contributed by atoms with Crippen molar-refractivity contribution in [3.05, 3.63) is 24.0 Å². The lowest BCUT2D eigenvalue weighted by Gasteiger charge is -2.25. The molecule has 1 aromatic rings. The number of morpholine rings is 1. The van der Waals surface area contributed by atoms with Crippen molar-refractivity contribution >= 4 is 17.9 Å². The Morgan fingerprint density at radius 1 is 1.47 bits per heavy atom. The third-order valence-electron chi connectivity index (χ3n) is 2.34. The normalized spacial score (nSPS) is 16.8. The summed E-state index contributed by atoms with van der Waals surface area (Å²) in [4.78, 5) is 16.3. The number of rotatable bonds is 3. The van der Waals surface area contributed by atoms with Crippen molar-refractivity contribution in [1.82, 2.24) is 9.29 Å². The second-order valence-electron chi connectivity index (χ2n) is 3.53. The summed E-state index contributed by atoms with van der Waals surface area (Å²) in [6.45, 7) is 3.26. The van der Waals surface area contributed by atoms with Crippen LogP contribution in [0.25, 0.3) is 0 Å². The number of carbonyl (C=O) groups is 1. The minimum absolute atomic E-state index is 0.359. The standard InChI is InChI=1S/C11H14N2O3S/c1-15-11(14)9-6-10(8-12-7-9)17-13-2-4-16-5-3-13/h6-8H,2-5H2,1H3. The summed E-state index contributed by atoms with van der Waals surface area (Å²) in [6, 6.07) is 1.79. The molecule has 0 amide bonds. The Morgan fingerprint density at radius 3 is 2.94 bits per heavy atom. The monoisotopic (exact) mass is 254 g/mol. The first-order valence-electron chi connectivity index (χ1n) is 5.33. The highest BCUT2D eigenvalue weighted by Gasteiger charge is 2.13. The Labute approximate surface area is 104 Å². The molecule has 0 aromatic carbocycles. The Balaban J connectivity index is 2.02. The molecular weight excluding hydrogens is 240 g/mol. The topological polar surface area (TPSA) is 51.7 Å². The van der Waals surface area contributed by atoms with Crippen LogP contribution in [0, 0.1) is 0 Å². The van der Waals surface area contributed by atoms with Gasteiger partial charge in [0.25, 0.3) is 0 Å². The molecule has 1 aromatic heterocycles. The first-order chi connectivity index (χ1) is 8.29. The van der Waals surface area contributed by atoms with E-state index in [4.69, 9.17) is 4.74 Å². The van der Waals surface area contributed by atoms with Crippen molar-refractivity contribution in [2.45, 2.75) is 4.90 Å². The summed E-state index contributed by atoms with van der Waals surface area (Å²) in [5, 5.41) is 0. The van der Waals surface area contributed by atoms with Crippen molar-refractivity contribution < 1.29 is 14.3 Å². The molecule has 1 aliphatic rings. The zero-order chi connectivity index (χ0) is 12.1. The molecule has 2 heterocycles. The van der Waals surface area contributed by atoms with E-state index >= 15 is 0 Å². The van der Waals surface area contributed by atoms with E-state index < -0.39 is 0 Å². The van der Waals surface area contributed by atoms with Crippen LogP contribution in [0.5, 0.6) is 0 Å². The second kappa shape index (κ2) is 6.00. The summed E-state index contributed by atoms with van der Waals surface area (Å²) in [6.07, 6.45) is 3.25. The Bertz CT molecular complexity index is 394. The fourth-order valence-corrected chi connectivity index (χ4v) is 2.40. The minimum atomic E-state index is -0.359. The number of methoxy groups -OCH3 is 1. The molecule has 17 heavy (non-hydrogen) atoms. The van der Waals surface area contributed by atoms with Crippen LogP contribution in [0.2, 0.25) is 0 Å². The maximum absolute atomic E-state index is 11.4. The van der Waals surface area contributed by atoms with Crippen LogP contribution in [0.15, 0.2) is 23.4 Å². The second-order valence-corrected chi connectivity index (χ2v) is 4.70. The van der Waals surface area contributed by atoms with Crippen LogP contribution in [0.3, 0.4) is 0 Å². The lowest BCUT2D eigenvalue weighted by Crippen LogP contribution is -2.30. The van der Waals surface area contributed by atoms with Crippen LogP contribution < -0.4 is 0 Å². The quantitative estimate of drug-likeness (QED) is 0.597. The molecule has 0 saturated carbocycles. The van der Waals surface area contributed by atoms with Gasteiger partial charge in [0, 0.05) is 30.4 Å². The predicted octanol–water partition coefficient (Wildman–Crippen LogP) is 1.21. The van der Waals surface area contributed by atoms with Crippen molar-refractivity contribution in [3.63, 3.8) is 0 Å². The average molecular weight is 254 g/mol. The molecule has 2 rings (SSSR count). The van der Waals surface area contributed by atoms with Gasteiger partial charge in [0.1, 0.15) is 0 Å². The van der Waals surface area contributed by atoms with E-state index in [1.807, 2.05) is 0 Å². The fraction of sp³-hybridized carbons (Fsp3) is 0.455. The number of carbonyl (C=O) groups excluding carboxylic acids is 1. The Morgan fingerprint density at radius 2 is 2.24 bits per heavy atom. The molecule has 0 radical (unpaired) electrons. The van der Waals surface area contributed by atoms with E-state index in [2.05, 4.69) is 14.0 Å². The van der Waals surface area contributed by atoms with E-state index in [0.29, 0.717) is 5.56 Å². The zero-order valence-corrected chi connectivity index (χ0v) is 10.4. The van der Waals surface area contributed by atoms with E-state index in [0.717, 1.165) is 31.2 Å². The molecule has 0 aliphatic carbocycles. The van der Waals surface area contributed by atoms with Gasteiger partial charge in [-0.1, -0.05) is 0 Å². The third kappa shape index (κ3) is 3.42. The zero-order valence-electron chi connectivity index (χ0n) is 9.59. The molecule has 0 atom stereocenters. The van der Waals surface area contributed by atoms with Crippen LogP contribution in [0.1, 0.15) is 10.4 Å². The minimum Gasteiger partial charge on any atom is -0.465 e. The first kappa shape index (κ1) is 12.3. The smallest absolute Gasteiger partial charge is 0.339 e. The molecule has 0 N–H and O–H groups in total. The molecule has 6 heteroatoms. The van der Waals surface area contributed by atoms with Gasteiger partial charge in [-0.25, -0.2) is 9.10 Å². The summed E-state index contributed by atoms with van der Waals surface area (Å²) in [7, 11) is 1.37.